The maximum absolute atomic E-state index is 2.34. The van der Waals surface area contributed by atoms with Crippen LogP contribution in [-0.2, 0) is 0 Å². The van der Waals surface area contributed by atoms with Gasteiger partial charge in [0.15, 0.2) is 5.71 Å². The lowest BCUT2D eigenvalue weighted by Gasteiger charge is -2.46. The zero-order valence-electron chi connectivity index (χ0n) is 8.60. The second-order valence-electron chi connectivity index (χ2n) is 4.58. The van der Waals surface area contributed by atoms with E-state index in [0.717, 1.165) is 11.8 Å². The van der Waals surface area contributed by atoms with Gasteiger partial charge in [-0.2, -0.15) is 0 Å². The molecule has 1 aliphatic carbocycles. The molecule has 11 heavy (non-hydrogen) atoms. The van der Waals surface area contributed by atoms with Crippen molar-refractivity contribution in [1.82, 2.24) is 0 Å². The molecule has 0 spiro atoms. The van der Waals surface area contributed by atoms with Crippen LogP contribution in [0, 0.1) is 17.3 Å². The maximum atomic E-state index is 2.34. The van der Waals surface area contributed by atoms with Gasteiger partial charge in [0.05, 0.1) is 0 Å². The first-order valence-corrected chi connectivity index (χ1v) is 4.43. The highest BCUT2D eigenvalue weighted by Crippen LogP contribution is 2.47. The zero-order chi connectivity index (χ0) is 8.81. The maximum Gasteiger partial charge on any atom is 0.160 e. The first-order chi connectivity index (χ1) is 4.89. The van der Waals surface area contributed by atoms with E-state index in [0.29, 0.717) is 5.41 Å². The molecule has 1 aliphatic rings. The van der Waals surface area contributed by atoms with E-state index in [-0.39, 0.29) is 0 Å². The quantitative estimate of drug-likeness (QED) is 0.470. The van der Waals surface area contributed by atoms with Crippen molar-refractivity contribution in [2.45, 2.75) is 27.7 Å². The van der Waals surface area contributed by atoms with Crippen LogP contribution in [-0.4, -0.2) is 24.4 Å². The minimum Gasteiger partial charge on any atom is -0.242 e. The Balaban J connectivity index is 2.95. The van der Waals surface area contributed by atoms with Gasteiger partial charge in [0.1, 0.15) is 14.1 Å². The number of hydrogen-bond acceptors (Lipinski definition) is 0. The molecule has 2 unspecified atom stereocenters. The Morgan fingerprint density at radius 3 is 1.82 bits per heavy atom. The van der Waals surface area contributed by atoms with E-state index in [1.165, 1.54) is 0 Å². The van der Waals surface area contributed by atoms with E-state index in [9.17, 15) is 0 Å². The lowest BCUT2D eigenvalue weighted by Crippen LogP contribution is -2.55. The molecule has 0 aromatic carbocycles. The Morgan fingerprint density at radius 1 is 1.18 bits per heavy atom. The van der Waals surface area contributed by atoms with Gasteiger partial charge in [-0.25, -0.2) is 4.58 Å². The van der Waals surface area contributed by atoms with Gasteiger partial charge < -0.3 is 0 Å². The molecule has 0 N–H and O–H groups in total. The van der Waals surface area contributed by atoms with Crippen molar-refractivity contribution in [2.75, 3.05) is 14.1 Å². The van der Waals surface area contributed by atoms with Crippen LogP contribution in [0.25, 0.3) is 0 Å². The SMILES string of the molecule is CC1C(=[N+](C)C)C(C)(C)C1C. The van der Waals surface area contributed by atoms with E-state index in [1.54, 1.807) is 5.71 Å². The predicted octanol–water partition coefficient (Wildman–Crippen LogP) is 2.01. The van der Waals surface area contributed by atoms with Gasteiger partial charge in [0, 0.05) is 11.3 Å². The molecule has 0 saturated heterocycles. The van der Waals surface area contributed by atoms with Crippen molar-refractivity contribution in [1.29, 1.82) is 0 Å². The van der Waals surface area contributed by atoms with Crippen LogP contribution in [0.2, 0.25) is 0 Å². The van der Waals surface area contributed by atoms with Gasteiger partial charge in [-0.1, -0.05) is 27.7 Å². The fraction of sp³-hybridized carbons (Fsp3) is 0.900. The molecule has 0 aromatic rings. The van der Waals surface area contributed by atoms with Crippen LogP contribution < -0.4 is 0 Å². The summed E-state index contributed by atoms with van der Waals surface area (Å²) in [6.07, 6.45) is 0. The van der Waals surface area contributed by atoms with Crippen molar-refractivity contribution in [3.05, 3.63) is 0 Å². The predicted molar refractivity (Wildman–Crippen MR) is 49.2 cm³/mol. The van der Waals surface area contributed by atoms with E-state index in [1.807, 2.05) is 0 Å². The highest BCUT2D eigenvalue weighted by atomic mass is 15.0. The third-order valence-electron chi connectivity index (χ3n) is 3.46. The largest absolute Gasteiger partial charge is 0.242 e. The molecular formula is C10H20N+. The topological polar surface area (TPSA) is 3.01 Å². The van der Waals surface area contributed by atoms with Gasteiger partial charge in [-0.05, 0) is 5.92 Å². The summed E-state index contributed by atoms with van der Waals surface area (Å²) in [6, 6.07) is 0. The minimum atomic E-state index is 0.433. The molecule has 0 aromatic heterocycles. The molecule has 1 rings (SSSR count). The van der Waals surface area contributed by atoms with Gasteiger partial charge in [-0.15, -0.1) is 0 Å². The Kier molecular flexibility index (Phi) is 1.85. The van der Waals surface area contributed by atoms with E-state index in [4.69, 9.17) is 0 Å². The summed E-state index contributed by atoms with van der Waals surface area (Å²) in [7, 11) is 4.30. The zero-order valence-corrected chi connectivity index (χ0v) is 8.60. The van der Waals surface area contributed by atoms with E-state index in [2.05, 4.69) is 46.4 Å². The highest BCUT2D eigenvalue weighted by Gasteiger charge is 2.53. The van der Waals surface area contributed by atoms with Crippen molar-refractivity contribution < 1.29 is 4.58 Å². The molecular weight excluding hydrogens is 134 g/mol. The van der Waals surface area contributed by atoms with Gasteiger partial charge >= 0.3 is 0 Å². The standard InChI is InChI=1S/C10H20N/c1-7-8(2)10(3,4)9(7)11(5)6/h7-8H,1-6H3/q+1. The van der Waals surface area contributed by atoms with Crippen LogP contribution in [0.3, 0.4) is 0 Å². The summed E-state index contributed by atoms with van der Waals surface area (Å²) < 4.78 is 2.28. The molecule has 2 atom stereocenters. The summed E-state index contributed by atoms with van der Waals surface area (Å²) >= 11 is 0. The second kappa shape index (κ2) is 2.33. The van der Waals surface area contributed by atoms with Crippen LogP contribution in [0.4, 0.5) is 0 Å². The molecule has 0 heterocycles. The molecule has 0 amide bonds. The fourth-order valence-electron chi connectivity index (χ4n) is 2.57. The Bertz CT molecular complexity index is 197. The molecule has 0 aliphatic heterocycles. The number of hydrogen-bond donors (Lipinski definition) is 0. The third-order valence-corrected chi connectivity index (χ3v) is 3.46. The Hall–Kier alpha value is -0.330. The average molecular weight is 154 g/mol. The first-order valence-electron chi connectivity index (χ1n) is 4.43. The summed E-state index contributed by atoms with van der Waals surface area (Å²) in [6.45, 7) is 9.35. The third kappa shape index (κ3) is 1.02. The first kappa shape index (κ1) is 8.76. The molecule has 0 bridgehead atoms. The summed E-state index contributed by atoms with van der Waals surface area (Å²) in [5, 5.41) is 0. The molecule has 1 nitrogen and oxygen atoms in total. The van der Waals surface area contributed by atoms with Gasteiger partial charge in [0.25, 0.3) is 0 Å². The van der Waals surface area contributed by atoms with Crippen molar-refractivity contribution in [3.8, 4) is 0 Å². The molecule has 1 fully saturated rings. The Labute approximate surface area is 70.1 Å². The van der Waals surface area contributed by atoms with Crippen LogP contribution in [0.1, 0.15) is 27.7 Å². The lowest BCUT2D eigenvalue weighted by atomic mass is 9.55. The Morgan fingerprint density at radius 2 is 1.64 bits per heavy atom. The van der Waals surface area contributed by atoms with E-state index < -0.39 is 0 Å². The highest BCUT2D eigenvalue weighted by molar-refractivity contribution is 5.93. The molecule has 0 radical (unpaired) electrons. The van der Waals surface area contributed by atoms with Crippen molar-refractivity contribution >= 4 is 5.71 Å². The summed E-state index contributed by atoms with van der Waals surface area (Å²) in [5.74, 6) is 1.61. The van der Waals surface area contributed by atoms with Gasteiger partial charge in [-0.3, -0.25) is 0 Å². The lowest BCUT2D eigenvalue weighted by molar-refractivity contribution is -0.476. The summed E-state index contributed by atoms with van der Waals surface area (Å²) in [5.41, 5.74) is 2.04. The molecule has 1 saturated carbocycles. The van der Waals surface area contributed by atoms with Crippen molar-refractivity contribution in [3.63, 3.8) is 0 Å². The van der Waals surface area contributed by atoms with E-state index >= 15 is 0 Å². The average Bonchev–Trinajstić information content (AvgIpc) is 1.85. The van der Waals surface area contributed by atoms with Crippen LogP contribution >= 0.6 is 0 Å². The number of nitrogens with zero attached hydrogens (tertiary/aromatic N) is 1. The number of rotatable bonds is 0. The van der Waals surface area contributed by atoms with Gasteiger partial charge in [0.2, 0.25) is 0 Å². The molecule has 64 valence electrons. The normalized spacial score (nSPS) is 34.9. The second-order valence-corrected chi connectivity index (χ2v) is 4.58. The summed E-state index contributed by atoms with van der Waals surface area (Å²) in [4.78, 5) is 0. The fourth-order valence-corrected chi connectivity index (χ4v) is 2.57. The van der Waals surface area contributed by atoms with Crippen LogP contribution in [0.15, 0.2) is 0 Å². The van der Waals surface area contributed by atoms with Crippen LogP contribution in [0.5, 0.6) is 0 Å². The smallest absolute Gasteiger partial charge is 0.160 e. The minimum absolute atomic E-state index is 0.433. The molecule has 1 heteroatoms. The monoisotopic (exact) mass is 154 g/mol. The van der Waals surface area contributed by atoms with Crippen molar-refractivity contribution in [2.24, 2.45) is 17.3 Å².